The lowest BCUT2D eigenvalue weighted by molar-refractivity contribution is 0.197. The standard InChI is InChI=1S/C19H18F2N4O/c1-26-12-2-11-22-19-23-17(13-3-7-15(20)8-4-13)18(24-25-19)14-5-9-16(21)10-6-14/h3-10H,2,11-12H2,1H3,(H,22,23,25). The van der Waals surface area contributed by atoms with Crippen LogP contribution in [-0.4, -0.2) is 35.4 Å². The zero-order chi connectivity index (χ0) is 18.4. The van der Waals surface area contributed by atoms with Crippen LogP contribution in [0.1, 0.15) is 6.42 Å². The van der Waals surface area contributed by atoms with Crippen molar-refractivity contribution >= 4 is 5.95 Å². The van der Waals surface area contributed by atoms with E-state index in [0.29, 0.717) is 41.6 Å². The third-order valence-corrected chi connectivity index (χ3v) is 3.73. The minimum atomic E-state index is -0.338. The van der Waals surface area contributed by atoms with Crippen LogP contribution in [0.5, 0.6) is 0 Å². The van der Waals surface area contributed by atoms with Crippen molar-refractivity contribution in [3.63, 3.8) is 0 Å². The van der Waals surface area contributed by atoms with Gasteiger partial charge in [-0.1, -0.05) is 0 Å². The predicted molar refractivity (Wildman–Crippen MR) is 95.6 cm³/mol. The van der Waals surface area contributed by atoms with Gasteiger partial charge in [0.2, 0.25) is 5.95 Å². The average molecular weight is 356 g/mol. The third-order valence-electron chi connectivity index (χ3n) is 3.73. The molecule has 134 valence electrons. The highest BCUT2D eigenvalue weighted by atomic mass is 19.1. The second kappa shape index (κ2) is 8.44. The fourth-order valence-electron chi connectivity index (χ4n) is 2.43. The zero-order valence-corrected chi connectivity index (χ0v) is 14.2. The third kappa shape index (κ3) is 4.37. The maximum absolute atomic E-state index is 13.3. The Morgan fingerprint density at radius 1 is 0.846 bits per heavy atom. The van der Waals surface area contributed by atoms with Crippen LogP contribution in [-0.2, 0) is 4.74 Å². The maximum Gasteiger partial charge on any atom is 0.243 e. The van der Waals surface area contributed by atoms with E-state index in [9.17, 15) is 8.78 Å². The molecule has 1 aromatic heterocycles. The number of methoxy groups -OCH3 is 1. The highest BCUT2D eigenvalue weighted by Crippen LogP contribution is 2.29. The van der Waals surface area contributed by atoms with Crippen molar-refractivity contribution in [2.75, 3.05) is 25.6 Å². The fraction of sp³-hybridized carbons (Fsp3) is 0.211. The molecule has 1 N–H and O–H groups in total. The summed E-state index contributed by atoms with van der Waals surface area (Å²) in [5, 5.41) is 11.4. The normalized spacial score (nSPS) is 10.7. The van der Waals surface area contributed by atoms with Crippen molar-refractivity contribution < 1.29 is 13.5 Å². The summed E-state index contributed by atoms with van der Waals surface area (Å²) in [4.78, 5) is 4.53. The Kier molecular flexibility index (Phi) is 5.80. The summed E-state index contributed by atoms with van der Waals surface area (Å²) < 4.78 is 31.5. The minimum Gasteiger partial charge on any atom is -0.385 e. The number of nitrogens with one attached hydrogen (secondary N) is 1. The van der Waals surface area contributed by atoms with Crippen molar-refractivity contribution in [3.8, 4) is 22.5 Å². The highest BCUT2D eigenvalue weighted by molar-refractivity contribution is 5.78. The lowest BCUT2D eigenvalue weighted by Gasteiger charge is -2.10. The molecule has 0 aliphatic heterocycles. The van der Waals surface area contributed by atoms with Crippen LogP contribution in [0, 0.1) is 11.6 Å². The Morgan fingerprint density at radius 2 is 1.42 bits per heavy atom. The molecule has 0 spiro atoms. The summed E-state index contributed by atoms with van der Waals surface area (Å²) in [6, 6.07) is 11.9. The van der Waals surface area contributed by atoms with Gasteiger partial charge in [-0.15, -0.1) is 10.2 Å². The van der Waals surface area contributed by atoms with E-state index >= 15 is 0 Å². The zero-order valence-electron chi connectivity index (χ0n) is 14.2. The molecular formula is C19H18F2N4O. The first-order chi connectivity index (χ1) is 12.7. The summed E-state index contributed by atoms with van der Waals surface area (Å²) in [6.07, 6.45) is 0.797. The van der Waals surface area contributed by atoms with Gasteiger partial charge in [-0.25, -0.2) is 13.8 Å². The Hall–Kier alpha value is -2.93. The van der Waals surface area contributed by atoms with Crippen molar-refractivity contribution in [1.82, 2.24) is 15.2 Å². The topological polar surface area (TPSA) is 59.9 Å². The molecule has 0 radical (unpaired) electrons. The van der Waals surface area contributed by atoms with E-state index in [1.165, 1.54) is 24.3 Å². The highest BCUT2D eigenvalue weighted by Gasteiger charge is 2.14. The number of anilines is 1. The smallest absolute Gasteiger partial charge is 0.243 e. The molecule has 0 unspecified atom stereocenters. The Balaban J connectivity index is 1.97. The van der Waals surface area contributed by atoms with Crippen molar-refractivity contribution in [1.29, 1.82) is 0 Å². The fourth-order valence-corrected chi connectivity index (χ4v) is 2.43. The van der Waals surface area contributed by atoms with Crippen LogP contribution in [0.2, 0.25) is 0 Å². The van der Waals surface area contributed by atoms with Gasteiger partial charge in [0.1, 0.15) is 23.0 Å². The summed E-state index contributed by atoms with van der Waals surface area (Å²) >= 11 is 0. The van der Waals surface area contributed by atoms with E-state index in [2.05, 4.69) is 20.5 Å². The minimum absolute atomic E-state index is 0.336. The number of hydrogen-bond donors (Lipinski definition) is 1. The molecule has 3 rings (SSSR count). The predicted octanol–water partition coefficient (Wildman–Crippen LogP) is 3.93. The number of aromatic nitrogens is 3. The van der Waals surface area contributed by atoms with Crippen LogP contribution < -0.4 is 5.32 Å². The van der Waals surface area contributed by atoms with Gasteiger partial charge in [0, 0.05) is 31.4 Å². The lowest BCUT2D eigenvalue weighted by atomic mass is 10.0. The molecule has 1 heterocycles. The van der Waals surface area contributed by atoms with E-state index in [1.807, 2.05) is 0 Å². The molecule has 0 saturated carbocycles. The van der Waals surface area contributed by atoms with Crippen molar-refractivity contribution in [2.45, 2.75) is 6.42 Å². The largest absolute Gasteiger partial charge is 0.385 e. The Bertz CT molecular complexity index is 854. The first-order valence-electron chi connectivity index (χ1n) is 8.17. The van der Waals surface area contributed by atoms with Crippen molar-refractivity contribution in [3.05, 3.63) is 60.2 Å². The van der Waals surface area contributed by atoms with Crippen LogP contribution >= 0.6 is 0 Å². The van der Waals surface area contributed by atoms with Gasteiger partial charge in [0.25, 0.3) is 0 Å². The summed E-state index contributed by atoms with van der Waals surface area (Å²) in [5.41, 5.74) is 2.41. The first-order valence-corrected chi connectivity index (χ1v) is 8.17. The Morgan fingerprint density at radius 3 is 2.00 bits per heavy atom. The number of ether oxygens (including phenoxy) is 1. The van der Waals surface area contributed by atoms with Gasteiger partial charge in [-0.3, -0.25) is 0 Å². The number of benzene rings is 2. The van der Waals surface area contributed by atoms with Crippen LogP contribution in [0.25, 0.3) is 22.5 Å². The van der Waals surface area contributed by atoms with E-state index in [1.54, 1.807) is 31.4 Å². The SMILES string of the molecule is COCCCNc1nnc(-c2ccc(F)cc2)c(-c2ccc(F)cc2)n1. The van der Waals surface area contributed by atoms with Gasteiger partial charge in [0.05, 0.1) is 0 Å². The quantitative estimate of drug-likeness (QED) is 0.650. The van der Waals surface area contributed by atoms with E-state index < -0.39 is 0 Å². The molecule has 0 fully saturated rings. The van der Waals surface area contributed by atoms with E-state index in [4.69, 9.17) is 4.74 Å². The van der Waals surface area contributed by atoms with Crippen molar-refractivity contribution in [2.24, 2.45) is 0 Å². The maximum atomic E-state index is 13.3. The molecule has 2 aromatic carbocycles. The van der Waals surface area contributed by atoms with Crippen LogP contribution in [0.15, 0.2) is 48.5 Å². The second-order valence-corrected chi connectivity index (χ2v) is 5.62. The summed E-state index contributed by atoms with van der Waals surface area (Å²) in [7, 11) is 1.64. The number of nitrogens with zero attached hydrogens (tertiary/aromatic N) is 3. The molecular weight excluding hydrogens is 338 g/mol. The van der Waals surface area contributed by atoms with E-state index in [0.717, 1.165) is 6.42 Å². The molecule has 0 saturated heterocycles. The second-order valence-electron chi connectivity index (χ2n) is 5.62. The van der Waals surface area contributed by atoms with Crippen LogP contribution in [0.4, 0.5) is 14.7 Å². The molecule has 3 aromatic rings. The number of halogens is 2. The lowest BCUT2D eigenvalue weighted by Crippen LogP contribution is -2.10. The van der Waals surface area contributed by atoms with Crippen LogP contribution in [0.3, 0.4) is 0 Å². The molecule has 7 heteroatoms. The number of rotatable bonds is 7. The monoisotopic (exact) mass is 356 g/mol. The molecule has 5 nitrogen and oxygen atoms in total. The molecule has 26 heavy (non-hydrogen) atoms. The summed E-state index contributed by atoms with van der Waals surface area (Å²) in [6.45, 7) is 1.26. The molecule has 0 bridgehead atoms. The van der Waals surface area contributed by atoms with Gasteiger partial charge in [-0.05, 0) is 55.0 Å². The van der Waals surface area contributed by atoms with Gasteiger partial charge in [-0.2, -0.15) is 0 Å². The van der Waals surface area contributed by atoms with Gasteiger partial charge in [0.15, 0.2) is 0 Å². The average Bonchev–Trinajstić information content (AvgIpc) is 2.67. The Labute approximate surface area is 150 Å². The van der Waals surface area contributed by atoms with E-state index in [-0.39, 0.29) is 11.6 Å². The molecule has 0 aliphatic rings. The van der Waals surface area contributed by atoms with Gasteiger partial charge < -0.3 is 10.1 Å². The number of hydrogen-bond acceptors (Lipinski definition) is 5. The molecule has 0 atom stereocenters. The molecule has 0 aliphatic carbocycles. The van der Waals surface area contributed by atoms with Gasteiger partial charge >= 0.3 is 0 Å². The first kappa shape index (κ1) is 17.9. The summed E-state index contributed by atoms with van der Waals surface area (Å²) in [5.74, 6) is -0.308. The molecule has 0 amide bonds.